The molecular formula is C21H28O2. The summed E-state index contributed by atoms with van der Waals surface area (Å²) in [6.07, 6.45) is 3.35. The summed E-state index contributed by atoms with van der Waals surface area (Å²) < 4.78 is 5.80. The first-order valence-corrected chi connectivity index (χ1v) is 8.53. The van der Waals surface area contributed by atoms with Crippen molar-refractivity contribution in [2.45, 2.75) is 52.2 Å². The van der Waals surface area contributed by atoms with Crippen LogP contribution in [0.1, 0.15) is 51.2 Å². The molecule has 0 bridgehead atoms. The Kier molecular flexibility index (Phi) is 6.23. The zero-order valence-corrected chi connectivity index (χ0v) is 14.5. The second-order valence-corrected chi connectivity index (χ2v) is 6.49. The normalized spacial score (nSPS) is 15.0. The Labute approximate surface area is 140 Å². The van der Waals surface area contributed by atoms with E-state index in [-0.39, 0.29) is 5.92 Å². The van der Waals surface area contributed by atoms with Crippen molar-refractivity contribution >= 4 is 0 Å². The van der Waals surface area contributed by atoms with Crippen molar-refractivity contribution in [2.75, 3.05) is 0 Å². The fourth-order valence-electron chi connectivity index (χ4n) is 2.71. The predicted octanol–water partition coefficient (Wildman–Crippen LogP) is 5.30. The van der Waals surface area contributed by atoms with Crippen LogP contribution in [0.25, 0.3) is 0 Å². The Bertz CT molecular complexity index is 573. The van der Waals surface area contributed by atoms with E-state index in [4.69, 9.17) is 4.74 Å². The maximum Gasteiger partial charge on any atom is 0.119 e. The molecule has 23 heavy (non-hydrogen) atoms. The molecule has 0 saturated heterocycles. The molecule has 0 fully saturated rings. The van der Waals surface area contributed by atoms with E-state index in [0.29, 0.717) is 6.61 Å². The zero-order valence-electron chi connectivity index (χ0n) is 14.5. The number of aliphatic hydroxyl groups is 1. The van der Waals surface area contributed by atoms with Crippen molar-refractivity contribution in [2.24, 2.45) is 5.92 Å². The summed E-state index contributed by atoms with van der Waals surface area (Å²) in [5.74, 6) is 1.06. The van der Waals surface area contributed by atoms with Gasteiger partial charge in [0.05, 0.1) is 5.60 Å². The Morgan fingerprint density at radius 2 is 1.70 bits per heavy atom. The molecule has 0 aromatic heterocycles. The van der Waals surface area contributed by atoms with Gasteiger partial charge in [0.15, 0.2) is 0 Å². The van der Waals surface area contributed by atoms with Crippen LogP contribution < -0.4 is 4.74 Å². The van der Waals surface area contributed by atoms with Gasteiger partial charge in [-0.25, -0.2) is 0 Å². The summed E-state index contributed by atoms with van der Waals surface area (Å²) in [4.78, 5) is 0. The van der Waals surface area contributed by atoms with E-state index in [0.717, 1.165) is 36.1 Å². The highest BCUT2D eigenvalue weighted by Gasteiger charge is 2.29. The SMILES string of the molecule is CCCCC(C)C(C)(O)c1ccc(OCc2ccccc2)cc1. The van der Waals surface area contributed by atoms with Crippen LogP contribution >= 0.6 is 0 Å². The highest BCUT2D eigenvalue weighted by Crippen LogP contribution is 2.33. The second kappa shape index (κ2) is 8.16. The minimum atomic E-state index is -0.798. The van der Waals surface area contributed by atoms with Gasteiger partial charge in [0.1, 0.15) is 12.4 Å². The lowest BCUT2D eigenvalue weighted by Crippen LogP contribution is -2.29. The quantitative estimate of drug-likeness (QED) is 0.716. The molecule has 0 aliphatic carbocycles. The lowest BCUT2D eigenvalue weighted by molar-refractivity contribution is -0.00276. The van der Waals surface area contributed by atoms with Gasteiger partial charge >= 0.3 is 0 Å². The molecular weight excluding hydrogens is 284 g/mol. The molecule has 0 aliphatic rings. The number of hydrogen-bond acceptors (Lipinski definition) is 2. The molecule has 2 unspecified atom stereocenters. The fourth-order valence-corrected chi connectivity index (χ4v) is 2.71. The van der Waals surface area contributed by atoms with Crippen molar-refractivity contribution < 1.29 is 9.84 Å². The van der Waals surface area contributed by atoms with Gasteiger partial charge in [-0.2, -0.15) is 0 Å². The first-order chi connectivity index (χ1) is 11.0. The van der Waals surface area contributed by atoms with Crippen LogP contribution in [-0.4, -0.2) is 5.11 Å². The minimum absolute atomic E-state index is 0.235. The van der Waals surface area contributed by atoms with Crippen molar-refractivity contribution in [3.05, 3.63) is 65.7 Å². The van der Waals surface area contributed by atoms with Crippen molar-refractivity contribution in [1.82, 2.24) is 0 Å². The third kappa shape index (κ3) is 4.84. The predicted molar refractivity (Wildman–Crippen MR) is 95.5 cm³/mol. The van der Waals surface area contributed by atoms with Crippen LogP contribution in [0.4, 0.5) is 0 Å². The van der Waals surface area contributed by atoms with E-state index in [1.165, 1.54) is 0 Å². The van der Waals surface area contributed by atoms with Gasteiger partial charge in [0.25, 0.3) is 0 Å². The fraction of sp³-hybridized carbons (Fsp3) is 0.429. The maximum absolute atomic E-state index is 10.8. The summed E-state index contributed by atoms with van der Waals surface area (Å²) in [6.45, 7) is 6.77. The number of benzene rings is 2. The van der Waals surface area contributed by atoms with Crippen molar-refractivity contribution in [3.63, 3.8) is 0 Å². The van der Waals surface area contributed by atoms with Crippen LogP contribution in [0.15, 0.2) is 54.6 Å². The third-order valence-electron chi connectivity index (χ3n) is 4.64. The summed E-state index contributed by atoms with van der Waals surface area (Å²) in [5, 5.41) is 10.8. The summed E-state index contributed by atoms with van der Waals surface area (Å²) >= 11 is 0. The van der Waals surface area contributed by atoms with Gasteiger partial charge in [-0.1, -0.05) is 69.2 Å². The average molecular weight is 312 g/mol. The molecule has 0 heterocycles. The smallest absolute Gasteiger partial charge is 0.119 e. The van der Waals surface area contributed by atoms with E-state index in [1.807, 2.05) is 49.4 Å². The minimum Gasteiger partial charge on any atom is -0.489 e. The molecule has 0 aliphatic heterocycles. The number of rotatable bonds is 8. The van der Waals surface area contributed by atoms with Gasteiger partial charge in [-0.15, -0.1) is 0 Å². The topological polar surface area (TPSA) is 29.5 Å². The zero-order chi connectivity index (χ0) is 16.7. The molecule has 0 radical (unpaired) electrons. The Hall–Kier alpha value is -1.80. The summed E-state index contributed by atoms with van der Waals surface area (Å²) in [7, 11) is 0. The molecule has 2 atom stereocenters. The van der Waals surface area contributed by atoms with Crippen LogP contribution in [-0.2, 0) is 12.2 Å². The second-order valence-electron chi connectivity index (χ2n) is 6.49. The molecule has 0 spiro atoms. The molecule has 2 nitrogen and oxygen atoms in total. The first-order valence-electron chi connectivity index (χ1n) is 8.53. The molecule has 1 N–H and O–H groups in total. The molecule has 2 aromatic rings. The highest BCUT2D eigenvalue weighted by atomic mass is 16.5. The number of unbranched alkanes of at least 4 members (excludes halogenated alkanes) is 1. The molecule has 0 saturated carbocycles. The van der Waals surface area contributed by atoms with Crippen LogP contribution in [0.2, 0.25) is 0 Å². The molecule has 2 heteroatoms. The number of hydrogen-bond donors (Lipinski definition) is 1. The molecule has 124 valence electrons. The van der Waals surface area contributed by atoms with Crippen LogP contribution in [0.3, 0.4) is 0 Å². The Morgan fingerprint density at radius 1 is 1.04 bits per heavy atom. The molecule has 2 rings (SSSR count). The van der Waals surface area contributed by atoms with Gasteiger partial charge in [-0.3, -0.25) is 0 Å². The average Bonchev–Trinajstić information content (AvgIpc) is 2.59. The molecule has 0 amide bonds. The van der Waals surface area contributed by atoms with Gasteiger partial charge in [0, 0.05) is 0 Å². The van der Waals surface area contributed by atoms with E-state index in [9.17, 15) is 5.11 Å². The van der Waals surface area contributed by atoms with Crippen LogP contribution in [0, 0.1) is 5.92 Å². The van der Waals surface area contributed by atoms with Crippen molar-refractivity contribution in [1.29, 1.82) is 0 Å². The lowest BCUT2D eigenvalue weighted by Gasteiger charge is -2.31. The van der Waals surface area contributed by atoms with Gasteiger partial charge < -0.3 is 9.84 Å². The molecule has 2 aromatic carbocycles. The standard InChI is InChI=1S/C21H28O2/c1-4-5-9-17(2)21(3,22)19-12-14-20(15-13-19)23-16-18-10-7-6-8-11-18/h6-8,10-15,17,22H,4-5,9,16H2,1-3H3. The van der Waals surface area contributed by atoms with Crippen LogP contribution in [0.5, 0.6) is 5.75 Å². The number of ether oxygens (including phenoxy) is 1. The van der Waals surface area contributed by atoms with E-state index in [1.54, 1.807) is 0 Å². The monoisotopic (exact) mass is 312 g/mol. The van der Waals surface area contributed by atoms with Gasteiger partial charge in [0.2, 0.25) is 0 Å². The maximum atomic E-state index is 10.8. The van der Waals surface area contributed by atoms with Crippen molar-refractivity contribution in [3.8, 4) is 5.75 Å². The Balaban J connectivity index is 1.98. The summed E-state index contributed by atoms with van der Waals surface area (Å²) in [6, 6.07) is 18.0. The van der Waals surface area contributed by atoms with E-state index in [2.05, 4.69) is 26.0 Å². The van der Waals surface area contributed by atoms with E-state index >= 15 is 0 Å². The largest absolute Gasteiger partial charge is 0.489 e. The van der Waals surface area contributed by atoms with Gasteiger partial charge in [-0.05, 0) is 42.5 Å². The first kappa shape index (κ1) is 17.6. The lowest BCUT2D eigenvalue weighted by atomic mass is 9.81. The van der Waals surface area contributed by atoms with E-state index < -0.39 is 5.60 Å². The summed E-state index contributed by atoms with van der Waals surface area (Å²) in [5.41, 5.74) is 1.30. The highest BCUT2D eigenvalue weighted by molar-refractivity contribution is 5.31. The Morgan fingerprint density at radius 3 is 2.30 bits per heavy atom. The third-order valence-corrected chi connectivity index (χ3v) is 4.64.